The summed E-state index contributed by atoms with van der Waals surface area (Å²) in [6, 6.07) is 18.5. The lowest BCUT2D eigenvalue weighted by Crippen LogP contribution is -2.32. The number of benzene rings is 2. The first-order chi connectivity index (χ1) is 14.1. The van der Waals surface area contributed by atoms with E-state index in [1.807, 2.05) is 27.8 Å². The number of hydrogen-bond acceptors (Lipinski definition) is 3. The van der Waals surface area contributed by atoms with Gasteiger partial charge in [0.1, 0.15) is 0 Å². The number of fused-ring (bicyclic) bond motifs is 1. The van der Waals surface area contributed by atoms with Gasteiger partial charge >= 0.3 is 0 Å². The molecular formula is C24H26N4O. The minimum atomic E-state index is -0.0476. The van der Waals surface area contributed by atoms with Crippen LogP contribution in [0, 0.1) is 6.92 Å². The Morgan fingerprint density at radius 2 is 1.79 bits per heavy atom. The third-order valence-corrected chi connectivity index (χ3v) is 6.29. The van der Waals surface area contributed by atoms with Crippen LogP contribution < -0.4 is 5.73 Å². The quantitative estimate of drug-likeness (QED) is 0.752. The average molecular weight is 386 g/mol. The van der Waals surface area contributed by atoms with Crippen LogP contribution in [0.4, 0.5) is 0 Å². The van der Waals surface area contributed by atoms with Crippen molar-refractivity contribution in [3.8, 4) is 5.69 Å². The summed E-state index contributed by atoms with van der Waals surface area (Å²) in [6.45, 7) is 3.30. The molecule has 0 unspecified atom stereocenters. The normalized spacial score (nSPS) is 20.8. The molecule has 148 valence electrons. The molecule has 1 amide bonds. The Bertz CT molecular complexity index is 1040. The molecule has 2 atom stereocenters. The van der Waals surface area contributed by atoms with Crippen molar-refractivity contribution in [2.24, 2.45) is 5.73 Å². The number of aryl methyl sites for hydroxylation is 1. The Balaban J connectivity index is 1.45. The van der Waals surface area contributed by atoms with E-state index in [1.165, 1.54) is 16.8 Å². The van der Waals surface area contributed by atoms with E-state index in [-0.39, 0.29) is 17.9 Å². The average Bonchev–Trinajstić information content (AvgIpc) is 3.44. The Morgan fingerprint density at radius 3 is 2.55 bits per heavy atom. The molecule has 0 spiro atoms. The van der Waals surface area contributed by atoms with Crippen LogP contribution in [0.2, 0.25) is 0 Å². The largest absolute Gasteiger partial charge is 0.335 e. The Labute approximate surface area is 171 Å². The van der Waals surface area contributed by atoms with Gasteiger partial charge in [-0.3, -0.25) is 4.79 Å². The minimum Gasteiger partial charge on any atom is -0.335 e. The molecule has 1 aliphatic carbocycles. The molecular weight excluding hydrogens is 360 g/mol. The van der Waals surface area contributed by atoms with Crippen LogP contribution >= 0.6 is 0 Å². The number of amides is 1. The molecule has 3 aromatic rings. The van der Waals surface area contributed by atoms with E-state index in [0.717, 1.165) is 30.5 Å². The van der Waals surface area contributed by atoms with Crippen LogP contribution in [-0.2, 0) is 12.8 Å². The molecule has 0 bridgehead atoms. The lowest BCUT2D eigenvalue weighted by molar-refractivity contribution is 0.0782. The molecule has 5 heteroatoms. The molecule has 29 heavy (non-hydrogen) atoms. The van der Waals surface area contributed by atoms with E-state index in [1.54, 1.807) is 0 Å². The van der Waals surface area contributed by atoms with E-state index in [0.29, 0.717) is 18.8 Å². The summed E-state index contributed by atoms with van der Waals surface area (Å²) in [5.74, 6) is 0.190. The van der Waals surface area contributed by atoms with Gasteiger partial charge in [-0.2, -0.15) is 5.10 Å². The highest BCUT2D eigenvalue weighted by atomic mass is 16.2. The first kappa shape index (κ1) is 18.1. The standard InChI is InChI=1S/C24H26N4O/c1-16-10-12-18(13-11-16)28-22-9-5-8-19(22)23(26-28)24(29)27-14-20(21(25)15-27)17-6-3-2-4-7-17/h2-4,6-7,10-13,20-21H,5,8-9,14-15,25H2,1H3/t20-,21+/m0/s1. The fourth-order valence-electron chi connectivity index (χ4n) is 4.71. The van der Waals surface area contributed by atoms with Crippen molar-refractivity contribution >= 4 is 5.91 Å². The molecule has 1 aliphatic heterocycles. The first-order valence-corrected chi connectivity index (χ1v) is 10.4. The molecule has 2 heterocycles. The van der Waals surface area contributed by atoms with Gasteiger partial charge in [0.15, 0.2) is 5.69 Å². The van der Waals surface area contributed by atoms with Crippen molar-refractivity contribution in [2.75, 3.05) is 13.1 Å². The number of nitrogens with zero attached hydrogens (tertiary/aromatic N) is 3. The summed E-state index contributed by atoms with van der Waals surface area (Å²) >= 11 is 0. The highest BCUT2D eigenvalue weighted by Crippen LogP contribution is 2.31. The molecule has 2 aromatic carbocycles. The van der Waals surface area contributed by atoms with Crippen molar-refractivity contribution in [1.82, 2.24) is 14.7 Å². The molecule has 2 N–H and O–H groups in total. The van der Waals surface area contributed by atoms with Gasteiger partial charge in [-0.15, -0.1) is 0 Å². The van der Waals surface area contributed by atoms with Crippen LogP contribution in [-0.4, -0.2) is 39.7 Å². The zero-order valence-corrected chi connectivity index (χ0v) is 16.7. The smallest absolute Gasteiger partial charge is 0.274 e. The lowest BCUT2D eigenvalue weighted by Gasteiger charge is -2.16. The molecule has 1 aromatic heterocycles. The molecule has 5 rings (SSSR count). The van der Waals surface area contributed by atoms with Gasteiger partial charge in [0, 0.05) is 36.3 Å². The van der Waals surface area contributed by atoms with Crippen LogP contribution in [0.5, 0.6) is 0 Å². The number of rotatable bonds is 3. The van der Waals surface area contributed by atoms with Gasteiger partial charge in [-0.05, 0) is 43.9 Å². The van der Waals surface area contributed by atoms with E-state index in [9.17, 15) is 4.79 Å². The SMILES string of the molecule is Cc1ccc(-n2nc(C(=O)N3C[C@@H](N)[C@H](c4ccccc4)C3)c3c2CCC3)cc1. The van der Waals surface area contributed by atoms with Gasteiger partial charge in [-0.1, -0.05) is 48.0 Å². The van der Waals surface area contributed by atoms with E-state index >= 15 is 0 Å². The summed E-state index contributed by atoms with van der Waals surface area (Å²) in [5, 5.41) is 4.78. The van der Waals surface area contributed by atoms with Crippen LogP contribution in [0.15, 0.2) is 54.6 Å². The summed E-state index contributed by atoms with van der Waals surface area (Å²) < 4.78 is 1.97. The zero-order valence-electron chi connectivity index (χ0n) is 16.7. The van der Waals surface area contributed by atoms with Gasteiger partial charge in [0.2, 0.25) is 0 Å². The first-order valence-electron chi connectivity index (χ1n) is 10.4. The van der Waals surface area contributed by atoms with Crippen molar-refractivity contribution in [1.29, 1.82) is 0 Å². The maximum atomic E-state index is 13.4. The number of likely N-dealkylation sites (tertiary alicyclic amines) is 1. The lowest BCUT2D eigenvalue weighted by atomic mass is 9.95. The summed E-state index contributed by atoms with van der Waals surface area (Å²) in [7, 11) is 0. The van der Waals surface area contributed by atoms with Gasteiger partial charge in [-0.25, -0.2) is 4.68 Å². The Hall–Kier alpha value is -2.92. The molecule has 0 radical (unpaired) electrons. The fourth-order valence-corrected chi connectivity index (χ4v) is 4.71. The second-order valence-electron chi connectivity index (χ2n) is 8.27. The second-order valence-corrected chi connectivity index (χ2v) is 8.27. The van der Waals surface area contributed by atoms with Crippen LogP contribution in [0.25, 0.3) is 5.69 Å². The van der Waals surface area contributed by atoms with Gasteiger partial charge in [0.05, 0.1) is 5.69 Å². The fraction of sp³-hybridized carbons (Fsp3) is 0.333. The summed E-state index contributed by atoms with van der Waals surface area (Å²) in [4.78, 5) is 15.3. The molecule has 2 aliphatic rings. The monoisotopic (exact) mass is 386 g/mol. The third kappa shape index (κ3) is 3.15. The number of carbonyl (C=O) groups is 1. The maximum Gasteiger partial charge on any atom is 0.274 e. The topological polar surface area (TPSA) is 64.2 Å². The molecule has 1 saturated heterocycles. The molecule has 0 saturated carbocycles. The van der Waals surface area contributed by atoms with Crippen LogP contribution in [0.3, 0.4) is 0 Å². The minimum absolute atomic E-state index is 0.0166. The van der Waals surface area contributed by atoms with Crippen molar-refractivity contribution in [3.05, 3.63) is 82.7 Å². The summed E-state index contributed by atoms with van der Waals surface area (Å²) in [5.41, 5.74) is 12.8. The van der Waals surface area contributed by atoms with Gasteiger partial charge in [0.25, 0.3) is 5.91 Å². The highest BCUT2D eigenvalue weighted by Gasteiger charge is 2.37. The van der Waals surface area contributed by atoms with Crippen molar-refractivity contribution in [2.45, 2.75) is 38.1 Å². The summed E-state index contributed by atoms with van der Waals surface area (Å²) in [6.07, 6.45) is 2.96. The van der Waals surface area contributed by atoms with E-state index in [4.69, 9.17) is 10.8 Å². The molecule has 5 nitrogen and oxygen atoms in total. The number of nitrogens with two attached hydrogens (primary N) is 1. The molecule has 1 fully saturated rings. The Morgan fingerprint density at radius 1 is 1.03 bits per heavy atom. The zero-order chi connectivity index (χ0) is 20.0. The number of carbonyl (C=O) groups excluding carboxylic acids is 1. The van der Waals surface area contributed by atoms with Crippen molar-refractivity contribution in [3.63, 3.8) is 0 Å². The van der Waals surface area contributed by atoms with Gasteiger partial charge < -0.3 is 10.6 Å². The van der Waals surface area contributed by atoms with Crippen LogP contribution in [0.1, 0.15) is 45.2 Å². The third-order valence-electron chi connectivity index (χ3n) is 6.29. The number of aromatic nitrogens is 2. The maximum absolute atomic E-state index is 13.4. The van der Waals surface area contributed by atoms with E-state index in [2.05, 4.69) is 43.3 Å². The second kappa shape index (κ2) is 7.16. The highest BCUT2D eigenvalue weighted by molar-refractivity contribution is 5.94. The number of hydrogen-bond donors (Lipinski definition) is 1. The van der Waals surface area contributed by atoms with E-state index < -0.39 is 0 Å². The Kier molecular flexibility index (Phi) is 4.47. The predicted molar refractivity (Wildman–Crippen MR) is 113 cm³/mol. The predicted octanol–water partition coefficient (Wildman–Crippen LogP) is 3.24. The van der Waals surface area contributed by atoms with Crippen molar-refractivity contribution < 1.29 is 4.79 Å².